The summed E-state index contributed by atoms with van der Waals surface area (Å²) in [6.07, 6.45) is 5.96. The van der Waals surface area contributed by atoms with Crippen LogP contribution in [0.2, 0.25) is 0 Å². The van der Waals surface area contributed by atoms with Crippen LogP contribution >= 0.6 is 0 Å². The van der Waals surface area contributed by atoms with Gasteiger partial charge >= 0.3 is 0 Å². The van der Waals surface area contributed by atoms with E-state index in [1.807, 2.05) is 19.1 Å². The van der Waals surface area contributed by atoms with Crippen LogP contribution in [0.15, 0.2) is 24.3 Å². The fourth-order valence-electron chi connectivity index (χ4n) is 4.67. The van der Waals surface area contributed by atoms with Crippen molar-refractivity contribution in [3.05, 3.63) is 29.8 Å². The van der Waals surface area contributed by atoms with E-state index in [9.17, 15) is 9.59 Å². The van der Waals surface area contributed by atoms with E-state index in [1.54, 1.807) is 0 Å². The predicted molar refractivity (Wildman–Crippen MR) is 112 cm³/mol. The minimum atomic E-state index is -0.438. The molecule has 1 saturated carbocycles. The van der Waals surface area contributed by atoms with Gasteiger partial charge in [0.1, 0.15) is 11.8 Å². The molecule has 1 saturated heterocycles. The van der Waals surface area contributed by atoms with Crippen molar-refractivity contribution < 1.29 is 19.1 Å². The van der Waals surface area contributed by atoms with Crippen molar-refractivity contribution in [2.45, 2.75) is 63.8 Å². The topological polar surface area (TPSA) is 76.7 Å². The summed E-state index contributed by atoms with van der Waals surface area (Å²) in [7, 11) is 0. The van der Waals surface area contributed by atoms with Crippen molar-refractivity contribution in [1.29, 1.82) is 0 Å². The van der Waals surface area contributed by atoms with Crippen LogP contribution in [0.5, 0.6) is 5.75 Å². The van der Waals surface area contributed by atoms with E-state index in [0.717, 1.165) is 44.3 Å². The second-order valence-electron chi connectivity index (χ2n) is 8.29. The summed E-state index contributed by atoms with van der Waals surface area (Å²) in [6.45, 7) is 6.00. The Bertz CT molecular complexity index is 677. The molecule has 0 spiro atoms. The van der Waals surface area contributed by atoms with E-state index in [4.69, 9.17) is 9.47 Å². The first-order valence-electron chi connectivity index (χ1n) is 10.9. The van der Waals surface area contributed by atoms with Crippen LogP contribution in [0.1, 0.15) is 57.9 Å². The number of rotatable bonds is 8. The highest BCUT2D eigenvalue weighted by molar-refractivity contribution is 5.87. The molecule has 1 aromatic carbocycles. The molecule has 1 aromatic rings. The van der Waals surface area contributed by atoms with Crippen LogP contribution in [-0.2, 0) is 19.7 Å². The van der Waals surface area contributed by atoms with Crippen LogP contribution in [0.25, 0.3) is 0 Å². The molecule has 1 heterocycles. The lowest BCUT2D eigenvalue weighted by atomic mass is 9.74. The molecule has 6 nitrogen and oxygen atoms in total. The molecule has 0 aromatic heterocycles. The molecule has 0 radical (unpaired) electrons. The zero-order chi connectivity index (χ0) is 20.7. The highest BCUT2D eigenvalue weighted by Crippen LogP contribution is 2.35. The third kappa shape index (κ3) is 5.50. The van der Waals surface area contributed by atoms with E-state index in [1.165, 1.54) is 12.5 Å². The summed E-state index contributed by atoms with van der Waals surface area (Å²) in [5, 5.41) is 6.06. The minimum absolute atomic E-state index is 0.0658. The second-order valence-corrected chi connectivity index (χ2v) is 8.29. The van der Waals surface area contributed by atoms with Gasteiger partial charge in [0.15, 0.2) is 0 Å². The van der Waals surface area contributed by atoms with Gasteiger partial charge in [-0.05, 0) is 56.2 Å². The number of hydrogen-bond donors (Lipinski definition) is 2. The first-order valence-corrected chi connectivity index (χ1v) is 10.9. The van der Waals surface area contributed by atoms with Gasteiger partial charge in [-0.2, -0.15) is 0 Å². The summed E-state index contributed by atoms with van der Waals surface area (Å²) in [6, 6.07) is 7.76. The van der Waals surface area contributed by atoms with Crippen molar-refractivity contribution in [3.63, 3.8) is 0 Å². The quantitative estimate of drug-likeness (QED) is 0.701. The van der Waals surface area contributed by atoms with Crippen molar-refractivity contribution in [1.82, 2.24) is 10.6 Å². The minimum Gasteiger partial charge on any atom is -0.494 e. The fraction of sp³-hybridized carbons (Fsp3) is 0.652. The highest BCUT2D eigenvalue weighted by Gasteiger charge is 2.37. The third-order valence-corrected chi connectivity index (χ3v) is 6.34. The molecule has 2 amide bonds. The maximum Gasteiger partial charge on any atom is 0.242 e. The number of nitrogens with one attached hydrogen (secondary N) is 2. The first kappa shape index (κ1) is 21.6. The summed E-state index contributed by atoms with van der Waals surface area (Å²) >= 11 is 0. The molecule has 1 aliphatic carbocycles. The van der Waals surface area contributed by atoms with E-state index in [2.05, 4.69) is 22.8 Å². The maximum atomic E-state index is 13.0. The molecule has 29 heavy (non-hydrogen) atoms. The third-order valence-electron chi connectivity index (χ3n) is 6.34. The monoisotopic (exact) mass is 402 g/mol. The predicted octanol–water partition coefficient (Wildman–Crippen LogP) is 2.94. The molecule has 6 heteroatoms. The Hall–Kier alpha value is -2.08. The molecule has 2 N–H and O–H groups in total. The van der Waals surface area contributed by atoms with Crippen molar-refractivity contribution in [2.75, 3.05) is 26.4 Å². The van der Waals surface area contributed by atoms with E-state index >= 15 is 0 Å². The van der Waals surface area contributed by atoms with Crippen LogP contribution in [-0.4, -0.2) is 44.2 Å². The SMILES string of the molecule is CCOc1ccc(C2(CNC(=O)C(NC(C)=O)C3CCCC3)CCOCC2)cc1. The maximum absolute atomic E-state index is 13.0. The molecule has 1 unspecified atom stereocenters. The molecule has 0 bridgehead atoms. The van der Waals surface area contributed by atoms with Gasteiger partial charge in [0, 0.05) is 32.1 Å². The van der Waals surface area contributed by atoms with Gasteiger partial charge < -0.3 is 20.1 Å². The van der Waals surface area contributed by atoms with E-state index in [-0.39, 0.29) is 23.1 Å². The Morgan fingerprint density at radius 3 is 2.41 bits per heavy atom. The van der Waals surface area contributed by atoms with Crippen molar-refractivity contribution >= 4 is 11.8 Å². The second kappa shape index (κ2) is 10.1. The Labute approximate surface area is 173 Å². The van der Waals surface area contributed by atoms with Gasteiger partial charge in [-0.1, -0.05) is 25.0 Å². The van der Waals surface area contributed by atoms with Crippen LogP contribution < -0.4 is 15.4 Å². The number of hydrogen-bond acceptors (Lipinski definition) is 4. The summed E-state index contributed by atoms with van der Waals surface area (Å²) < 4.78 is 11.2. The van der Waals surface area contributed by atoms with Gasteiger partial charge in [0.2, 0.25) is 11.8 Å². The van der Waals surface area contributed by atoms with Crippen molar-refractivity contribution in [3.8, 4) is 5.75 Å². The molecule has 2 fully saturated rings. The molecule has 1 aliphatic heterocycles. The van der Waals surface area contributed by atoms with Crippen LogP contribution in [0, 0.1) is 5.92 Å². The smallest absolute Gasteiger partial charge is 0.242 e. The van der Waals surface area contributed by atoms with E-state index < -0.39 is 6.04 Å². The van der Waals surface area contributed by atoms with Crippen LogP contribution in [0.4, 0.5) is 0 Å². The number of amides is 2. The van der Waals surface area contributed by atoms with Gasteiger partial charge in [-0.25, -0.2) is 0 Å². The lowest BCUT2D eigenvalue weighted by molar-refractivity contribution is -0.129. The van der Waals surface area contributed by atoms with Crippen LogP contribution in [0.3, 0.4) is 0 Å². The van der Waals surface area contributed by atoms with E-state index in [0.29, 0.717) is 26.4 Å². The van der Waals surface area contributed by atoms with Gasteiger partial charge in [-0.3, -0.25) is 9.59 Å². The average molecular weight is 403 g/mol. The number of carbonyl (C=O) groups is 2. The summed E-state index contributed by atoms with van der Waals surface area (Å²) in [4.78, 5) is 24.7. The normalized spacial score (nSPS) is 20.1. The Morgan fingerprint density at radius 1 is 1.17 bits per heavy atom. The number of carbonyl (C=O) groups excluding carboxylic acids is 2. The fourth-order valence-corrected chi connectivity index (χ4v) is 4.67. The summed E-state index contributed by atoms with van der Waals surface area (Å²) in [5.74, 6) is 0.873. The molecular formula is C23H34N2O4. The molecule has 1 atom stereocenters. The zero-order valence-corrected chi connectivity index (χ0v) is 17.7. The molecular weight excluding hydrogens is 368 g/mol. The Balaban J connectivity index is 1.72. The summed E-state index contributed by atoms with van der Waals surface area (Å²) in [5.41, 5.74) is 1.04. The number of benzene rings is 1. The van der Waals surface area contributed by atoms with Gasteiger partial charge in [-0.15, -0.1) is 0 Å². The highest BCUT2D eigenvalue weighted by atomic mass is 16.5. The first-order chi connectivity index (χ1) is 14.0. The standard InChI is InChI=1S/C23H34N2O4/c1-3-29-20-10-8-19(9-11-20)23(12-14-28-15-13-23)16-24-22(27)21(25-17(2)26)18-6-4-5-7-18/h8-11,18,21H,3-7,12-16H2,1-2H3,(H,24,27)(H,25,26). The average Bonchev–Trinajstić information content (AvgIpc) is 3.26. The molecule has 3 rings (SSSR count). The zero-order valence-electron chi connectivity index (χ0n) is 17.7. The lowest BCUT2D eigenvalue weighted by Crippen LogP contribution is -2.53. The van der Waals surface area contributed by atoms with Crippen molar-refractivity contribution in [2.24, 2.45) is 5.92 Å². The Morgan fingerprint density at radius 2 is 1.83 bits per heavy atom. The lowest BCUT2D eigenvalue weighted by Gasteiger charge is -2.38. The number of ether oxygens (including phenoxy) is 2. The van der Waals surface area contributed by atoms with Gasteiger partial charge in [0.05, 0.1) is 6.61 Å². The Kier molecular flexibility index (Phi) is 7.53. The largest absolute Gasteiger partial charge is 0.494 e. The molecule has 2 aliphatic rings. The molecule has 160 valence electrons. The van der Waals surface area contributed by atoms with Gasteiger partial charge in [0.25, 0.3) is 0 Å².